The van der Waals surface area contributed by atoms with E-state index in [9.17, 15) is 19.6 Å². The number of amides is 3. The number of anilines is 2. The van der Waals surface area contributed by atoms with Crippen molar-refractivity contribution in [3.8, 4) is 11.8 Å². The van der Waals surface area contributed by atoms with E-state index < -0.39 is 0 Å². The van der Waals surface area contributed by atoms with Gasteiger partial charge in [0, 0.05) is 61.8 Å². The van der Waals surface area contributed by atoms with Crippen LogP contribution in [0, 0.1) is 22.7 Å². The van der Waals surface area contributed by atoms with Gasteiger partial charge < -0.3 is 19.9 Å². The second kappa shape index (κ2) is 15.2. The fourth-order valence-electron chi connectivity index (χ4n) is 9.18. The predicted octanol–water partition coefficient (Wildman–Crippen LogP) is 6.20. The maximum atomic E-state index is 13.0. The van der Waals surface area contributed by atoms with Crippen LogP contribution in [-0.2, 0) is 9.59 Å². The number of nitrogens with one attached hydrogen (secondary N) is 2. The molecule has 1 unspecified atom stereocenters. The van der Waals surface area contributed by atoms with Gasteiger partial charge in [-0.05, 0) is 112 Å². The fraction of sp³-hybridized carbons (Fsp3) is 0.476. The molecule has 2 aromatic heterocycles. The predicted molar refractivity (Wildman–Crippen MR) is 205 cm³/mol. The Bertz CT molecular complexity index is 2060. The van der Waals surface area contributed by atoms with Gasteiger partial charge in [0.05, 0.1) is 41.4 Å². The van der Waals surface area contributed by atoms with Gasteiger partial charge in [0.2, 0.25) is 11.8 Å². The van der Waals surface area contributed by atoms with Crippen molar-refractivity contribution in [1.29, 1.82) is 5.26 Å². The molecule has 3 saturated heterocycles. The Balaban J connectivity index is 0.798. The van der Waals surface area contributed by atoms with E-state index in [4.69, 9.17) is 9.84 Å². The largest absolute Gasteiger partial charge is 0.494 e. The molecular formula is C42H48N8O4. The number of imide groups is 1. The van der Waals surface area contributed by atoms with Gasteiger partial charge in [-0.25, -0.2) is 0 Å². The molecule has 12 nitrogen and oxygen atoms in total. The third-order valence-corrected chi connectivity index (χ3v) is 12.6. The molecule has 3 amide bonds. The summed E-state index contributed by atoms with van der Waals surface area (Å²) >= 11 is 0. The van der Waals surface area contributed by atoms with Crippen molar-refractivity contribution in [3.05, 3.63) is 77.7 Å². The van der Waals surface area contributed by atoms with E-state index in [0.717, 1.165) is 42.4 Å². The van der Waals surface area contributed by atoms with Crippen molar-refractivity contribution in [2.24, 2.45) is 11.3 Å². The number of carbonyl (C=O) groups is 3. The Hall–Kier alpha value is -5.28. The molecule has 4 aliphatic rings. The van der Waals surface area contributed by atoms with Crippen LogP contribution in [0.5, 0.6) is 5.75 Å². The van der Waals surface area contributed by atoms with Gasteiger partial charge in [-0.15, -0.1) is 0 Å². The molecule has 1 atom stereocenters. The first-order chi connectivity index (χ1) is 26.3. The van der Waals surface area contributed by atoms with Gasteiger partial charge in [0.1, 0.15) is 11.8 Å². The van der Waals surface area contributed by atoms with Crippen LogP contribution < -0.4 is 20.3 Å². The zero-order valence-electron chi connectivity index (χ0n) is 30.9. The highest BCUT2D eigenvalue weighted by Crippen LogP contribution is 2.43. The normalized spacial score (nSPS) is 23.2. The Morgan fingerprint density at radius 3 is 2.43 bits per heavy atom. The van der Waals surface area contributed by atoms with Crippen LogP contribution in [-0.4, -0.2) is 77.2 Å². The summed E-state index contributed by atoms with van der Waals surface area (Å²) in [5, 5.41) is 20.4. The van der Waals surface area contributed by atoms with Crippen LogP contribution in [0.3, 0.4) is 0 Å². The average Bonchev–Trinajstić information content (AvgIpc) is 3.62. The van der Waals surface area contributed by atoms with Gasteiger partial charge in [-0.1, -0.05) is 12.1 Å². The van der Waals surface area contributed by atoms with Gasteiger partial charge in [0.25, 0.3) is 5.91 Å². The summed E-state index contributed by atoms with van der Waals surface area (Å²) in [6.07, 6.45) is 15.5. The zero-order chi connectivity index (χ0) is 37.2. The molecule has 0 bridgehead atoms. The molecule has 4 aromatic rings. The van der Waals surface area contributed by atoms with Crippen molar-refractivity contribution in [3.63, 3.8) is 0 Å². The molecule has 8 rings (SSSR count). The summed E-state index contributed by atoms with van der Waals surface area (Å²) in [5.41, 5.74) is 4.68. The van der Waals surface area contributed by atoms with Crippen molar-refractivity contribution in [2.45, 2.75) is 76.2 Å². The molecule has 12 heteroatoms. The van der Waals surface area contributed by atoms with Gasteiger partial charge in [-0.3, -0.25) is 29.4 Å². The van der Waals surface area contributed by atoms with Crippen LogP contribution >= 0.6 is 0 Å². The molecule has 5 heterocycles. The van der Waals surface area contributed by atoms with Crippen molar-refractivity contribution >= 4 is 40.0 Å². The number of ether oxygens (including phenoxy) is 1. The standard InChI is InChI=1S/C42H48N8O4/c1-54-38-22-36-32(21-37(38)45-40(52)31-20-29(23-43)24-44-25-31)27-50(47-36)34-6-2-28(3-7-34)26-48-16-12-42(13-17-48)14-18-49(19-15-42)33-8-4-30(5-9-33)35-10-11-39(51)46-41(35)53/h4-5,8-9,20-22,24-25,27-28,34-35H,2-3,6-7,10-19,26H2,1H3,(H,45,52)(H,46,51,53)/t28-,34-,35?. The lowest BCUT2D eigenvalue weighted by Gasteiger charge is -2.48. The SMILES string of the molecule is COc1cc2nn([C@H]3CC[C@H](CN4CCC5(CC4)CCN(c4ccc(C6CCC(=O)NC6=O)cc4)CC5)CC3)cc2cc1NC(=O)c1cncc(C#N)c1. The quantitative estimate of drug-likeness (QED) is 0.203. The number of carbonyl (C=O) groups excluding carboxylic acids is 3. The van der Waals surface area contributed by atoms with Crippen LogP contribution in [0.4, 0.5) is 11.4 Å². The van der Waals surface area contributed by atoms with Crippen LogP contribution in [0.15, 0.2) is 61.1 Å². The second-order valence-electron chi connectivity index (χ2n) is 15.8. The van der Waals surface area contributed by atoms with E-state index in [1.165, 1.54) is 82.3 Å². The lowest BCUT2D eigenvalue weighted by atomic mass is 9.71. The number of fused-ring (bicyclic) bond motifs is 1. The lowest BCUT2D eigenvalue weighted by Crippen LogP contribution is -2.47. The number of likely N-dealkylation sites (tertiary alicyclic amines) is 1. The minimum absolute atomic E-state index is 0.172. The van der Waals surface area contributed by atoms with Crippen molar-refractivity contribution in [2.75, 3.05) is 50.1 Å². The van der Waals surface area contributed by atoms with E-state index in [1.807, 2.05) is 18.2 Å². The maximum Gasteiger partial charge on any atom is 0.257 e. The van der Waals surface area contributed by atoms with Gasteiger partial charge in [0.15, 0.2) is 0 Å². The Labute approximate surface area is 315 Å². The number of nitriles is 1. The number of pyridine rings is 1. The van der Waals surface area contributed by atoms with E-state index in [-0.39, 0.29) is 23.6 Å². The van der Waals surface area contributed by atoms with E-state index in [1.54, 1.807) is 7.11 Å². The summed E-state index contributed by atoms with van der Waals surface area (Å²) in [6, 6.07) is 16.1. The highest BCUT2D eigenvalue weighted by Gasteiger charge is 2.38. The average molecular weight is 729 g/mol. The first kappa shape index (κ1) is 35.7. The molecule has 2 aromatic carbocycles. The summed E-state index contributed by atoms with van der Waals surface area (Å²) in [4.78, 5) is 46.0. The summed E-state index contributed by atoms with van der Waals surface area (Å²) in [6.45, 7) is 5.70. The molecular weight excluding hydrogens is 681 g/mol. The minimum atomic E-state index is -0.357. The van der Waals surface area contributed by atoms with Crippen molar-refractivity contribution in [1.82, 2.24) is 25.0 Å². The van der Waals surface area contributed by atoms with Gasteiger partial charge in [-0.2, -0.15) is 10.4 Å². The van der Waals surface area contributed by atoms with Crippen LogP contribution in [0.25, 0.3) is 10.9 Å². The Kier molecular flexibility index (Phi) is 10.1. The smallest absolute Gasteiger partial charge is 0.257 e. The molecule has 3 aliphatic heterocycles. The van der Waals surface area contributed by atoms with Crippen LogP contribution in [0.2, 0.25) is 0 Å². The molecule has 2 N–H and O–H groups in total. The highest BCUT2D eigenvalue weighted by molar-refractivity contribution is 6.06. The topological polar surface area (TPSA) is 145 Å². The number of methoxy groups -OCH3 is 1. The van der Waals surface area contributed by atoms with Gasteiger partial charge >= 0.3 is 0 Å². The molecule has 54 heavy (non-hydrogen) atoms. The summed E-state index contributed by atoms with van der Waals surface area (Å²) in [7, 11) is 1.58. The number of hydrogen-bond acceptors (Lipinski definition) is 9. The van der Waals surface area contributed by atoms with Crippen LogP contribution in [0.1, 0.15) is 97.7 Å². The molecule has 280 valence electrons. The molecule has 1 saturated carbocycles. The monoisotopic (exact) mass is 728 g/mol. The number of aromatic nitrogens is 3. The second-order valence-corrected chi connectivity index (χ2v) is 15.8. The minimum Gasteiger partial charge on any atom is -0.494 e. The molecule has 1 spiro atoms. The van der Waals surface area contributed by atoms with Crippen molar-refractivity contribution < 1.29 is 19.1 Å². The number of nitrogens with zero attached hydrogens (tertiary/aromatic N) is 6. The molecule has 4 fully saturated rings. The number of hydrogen-bond donors (Lipinski definition) is 2. The van der Waals surface area contributed by atoms with E-state index in [0.29, 0.717) is 52.8 Å². The first-order valence-corrected chi connectivity index (χ1v) is 19.4. The Morgan fingerprint density at radius 1 is 0.981 bits per heavy atom. The van der Waals surface area contributed by atoms with E-state index >= 15 is 0 Å². The third kappa shape index (κ3) is 7.55. The first-order valence-electron chi connectivity index (χ1n) is 19.4. The zero-order valence-corrected chi connectivity index (χ0v) is 30.9. The number of piperidine rings is 3. The van der Waals surface area contributed by atoms with E-state index in [2.05, 4.69) is 60.6 Å². The number of rotatable bonds is 8. The maximum absolute atomic E-state index is 13.0. The Morgan fingerprint density at radius 2 is 1.72 bits per heavy atom. The molecule has 0 radical (unpaired) electrons. The lowest BCUT2D eigenvalue weighted by molar-refractivity contribution is -0.134. The summed E-state index contributed by atoms with van der Waals surface area (Å²) in [5.74, 6) is 0.299. The summed E-state index contributed by atoms with van der Waals surface area (Å²) < 4.78 is 7.71. The highest BCUT2D eigenvalue weighted by atomic mass is 16.5. The molecule has 1 aliphatic carbocycles. The number of benzene rings is 2. The third-order valence-electron chi connectivity index (χ3n) is 12.6. The fourth-order valence-corrected chi connectivity index (χ4v) is 9.18.